The highest BCUT2D eigenvalue weighted by molar-refractivity contribution is 7.47. The van der Waals surface area contributed by atoms with E-state index < -0.39 is 39.2 Å². The molecule has 358 valence electrons. The van der Waals surface area contributed by atoms with Gasteiger partial charge >= 0.3 is 13.8 Å². The van der Waals surface area contributed by atoms with Gasteiger partial charge in [0.15, 0.2) is 0 Å². The number of allylic oxidation sites excluding steroid dienone is 14. The summed E-state index contributed by atoms with van der Waals surface area (Å²) in [5.41, 5.74) is 0. The van der Waals surface area contributed by atoms with Gasteiger partial charge in [0, 0.05) is 13.0 Å². The number of esters is 1. The molecule has 0 bridgehead atoms. The van der Waals surface area contributed by atoms with Crippen LogP contribution in [0.25, 0.3) is 0 Å². The minimum absolute atomic E-state index is 0.0387. The molecule has 9 nitrogen and oxygen atoms in total. The lowest BCUT2D eigenvalue weighted by molar-refractivity contribution is -0.154. The first-order chi connectivity index (χ1) is 30.3. The molecular formula is C52H91O9P. The third kappa shape index (κ3) is 47.1. The number of ether oxygens (including phenoxy) is 2. The van der Waals surface area contributed by atoms with Crippen molar-refractivity contribution in [2.24, 2.45) is 0 Å². The number of rotatable bonds is 46. The standard InChI is InChI=1S/C52H91O9P/c1-3-5-7-9-11-13-15-17-19-21-22-23-24-25-26-27-29-31-33-35-37-39-41-43-45-58-48-51(49-60-62(56,57)59-47-50(54)46-53)61-52(55)44-42-40-38-36-34-32-30-28-20-18-16-14-12-10-8-6-4-2/h5-8,11-14,17-20,22-23,50-51,53-54H,3-4,9-10,15-16,21,24-49H2,1-2H3,(H,56,57)/b7-5-,8-6-,13-11-,14-12-,19-17-,20-18-,23-22-. The van der Waals surface area contributed by atoms with Crippen LogP contribution in [0.15, 0.2) is 85.1 Å². The van der Waals surface area contributed by atoms with Crippen molar-refractivity contribution >= 4 is 13.8 Å². The summed E-state index contributed by atoms with van der Waals surface area (Å²) in [6.07, 6.45) is 59.7. The predicted octanol–water partition coefficient (Wildman–Crippen LogP) is 14.3. The fraction of sp³-hybridized carbons (Fsp3) is 0.712. The molecule has 0 saturated heterocycles. The van der Waals surface area contributed by atoms with Gasteiger partial charge < -0.3 is 24.6 Å². The molecule has 3 unspecified atom stereocenters. The number of carbonyl (C=O) groups excluding carboxylic acids is 1. The Labute approximate surface area is 379 Å². The highest BCUT2D eigenvalue weighted by Crippen LogP contribution is 2.43. The van der Waals surface area contributed by atoms with E-state index in [-0.39, 0.29) is 19.6 Å². The lowest BCUT2D eigenvalue weighted by Crippen LogP contribution is -2.29. The molecule has 0 saturated carbocycles. The third-order valence-electron chi connectivity index (χ3n) is 10.1. The molecule has 0 amide bonds. The topological polar surface area (TPSA) is 132 Å². The molecule has 62 heavy (non-hydrogen) atoms. The number of unbranched alkanes of at least 4 members (excludes halogenated alkanes) is 18. The molecule has 0 aliphatic heterocycles. The molecule has 3 N–H and O–H groups in total. The Morgan fingerprint density at radius 2 is 0.871 bits per heavy atom. The molecule has 0 aromatic carbocycles. The number of hydrogen-bond donors (Lipinski definition) is 3. The highest BCUT2D eigenvalue weighted by Gasteiger charge is 2.26. The van der Waals surface area contributed by atoms with E-state index in [1.54, 1.807) is 0 Å². The third-order valence-corrected chi connectivity index (χ3v) is 11.0. The van der Waals surface area contributed by atoms with Gasteiger partial charge in [-0.25, -0.2) is 4.57 Å². The van der Waals surface area contributed by atoms with Crippen molar-refractivity contribution in [1.82, 2.24) is 0 Å². The van der Waals surface area contributed by atoms with Crippen molar-refractivity contribution in [2.75, 3.05) is 33.0 Å². The van der Waals surface area contributed by atoms with Gasteiger partial charge in [0.05, 0.1) is 26.4 Å². The van der Waals surface area contributed by atoms with Gasteiger partial charge in [-0.15, -0.1) is 0 Å². The van der Waals surface area contributed by atoms with Crippen LogP contribution in [0.4, 0.5) is 0 Å². The zero-order valence-corrected chi connectivity index (χ0v) is 40.2. The molecule has 0 aliphatic rings. The monoisotopic (exact) mass is 891 g/mol. The molecule has 3 atom stereocenters. The van der Waals surface area contributed by atoms with Crippen molar-refractivity contribution < 1.29 is 43.0 Å². The number of carbonyl (C=O) groups is 1. The van der Waals surface area contributed by atoms with Crippen LogP contribution in [-0.2, 0) is 27.9 Å². The van der Waals surface area contributed by atoms with Crippen LogP contribution < -0.4 is 0 Å². The van der Waals surface area contributed by atoms with E-state index in [0.717, 1.165) is 89.9 Å². The van der Waals surface area contributed by atoms with Gasteiger partial charge in [0.2, 0.25) is 0 Å². The van der Waals surface area contributed by atoms with Gasteiger partial charge in [-0.3, -0.25) is 13.8 Å². The molecule has 10 heteroatoms. The number of hydrogen-bond acceptors (Lipinski definition) is 8. The van der Waals surface area contributed by atoms with E-state index in [2.05, 4.69) is 98.9 Å². The maximum Gasteiger partial charge on any atom is 0.472 e. The lowest BCUT2D eigenvalue weighted by atomic mass is 10.1. The maximum atomic E-state index is 12.7. The van der Waals surface area contributed by atoms with Gasteiger partial charge in [0.1, 0.15) is 12.2 Å². The first kappa shape index (κ1) is 59.6. The van der Waals surface area contributed by atoms with Crippen molar-refractivity contribution in [2.45, 2.75) is 206 Å². The quantitative estimate of drug-likeness (QED) is 0.0236. The Hall–Kier alpha value is -2.36. The van der Waals surface area contributed by atoms with Crippen LogP contribution in [0.2, 0.25) is 0 Å². The Bertz CT molecular complexity index is 1240. The Morgan fingerprint density at radius 1 is 0.500 bits per heavy atom. The Morgan fingerprint density at radius 3 is 1.31 bits per heavy atom. The maximum absolute atomic E-state index is 12.7. The summed E-state index contributed by atoms with van der Waals surface area (Å²) in [5.74, 6) is -0.396. The summed E-state index contributed by atoms with van der Waals surface area (Å²) in [7, 11) is -4.53. The van der Waals surface area contributed by atoms with Crippen LogP contribution in [-0.4, -0.2) is 66.3 Å². The van der Waals surface area contributed by atoms with Crippen molar-refractivity contribution in [3.8, 4) is 0 Å². The first-order valence-corrected chi connectivity index (χ1v) is 26.1. The fourth-order valence-electron chi connectivity index (χ4n) is 6.42. The number of phosphoric ester groups is 1. The minimum Gasteiger partial charge on any atom is -0.457 e. The molecular weight excluding hydrogens is 800 g/mol. The minimum atomic E-state index is -4.53. The number of aliphatic hydroxyl groups excluding tert-OH is 2. The normalized spacial score (nSPS) is 14.6. The predicted molar refractivity (Wildman–Crippen MR) is 260 cm³/mol. The molecule has 0 spiro atoms. The van der Waals surface area contributed by atoms with Crippen molar-refractivity contribution in [1.29, 1.82) is 0 Å². The number of phosphoric acid groups is 1. The van der Waals surface area contributed by atoms with Crippen LogP contribution in [0.1, 0.15) is 194 Å². The average Bonchev–Trinajstić information content (AvgIpc) is 3.26. The molecule has 0 aromatic heterocycles. The summed E-state index contributed by atoms with van der Waals surface area (Å²) >= 11 is 0. The smallest absolute Gasteiger partial charge is 0.457 e. The van der Waals surface area contributed by atoms with Crippen LogP contribution >= 0.6 is 7.82 Å². The van der Waals surface area contributed by atoms with Crippen LogP contribution in [0.3, 0.4) is 0 Å². The van der Waals surface area contributed by atoms with Gasteiger partial charge in [0.25, 0.3) is 0 Å². The van der Waals surface area contributed by atoms with Gasteiger partial charge in [-0.1, -0.05) is 189 Å². The molecule has 0 aliphatic carbocycles. The SMILES string of the molecule is CC/C=C\C/C=C\C/C=C\C/C=C\CCCCCCCCCCCCCOCC(COP(=O)(O)OCC(O)CO)OC(=O)CCCCCCCCC/C=C\C/C=C\C/C=C\CC. The zero-order chi connectivity index (χ0) is 45.3. The summed E-state index contributed by atoms with van der Waals surface area (Å²) < 4.78 is 33.5. The molecule has 0 radical (unpaired) electrons. The van der Waals surface area contributed by atoms with Crippen LogP contribution in [0, 0.1) is 0 Å². The Balaban J connectivity index is 4.10. The van der Waals surface area contributed by atoms with E-state index in [4.69, 9.17) is 23.6 Å². The van der Waals surface area contributed by atoms with Gasteiger partial charge in [-0.05, 0) is 83.5 Å². The summed E-state index contributed by atoms with van der Waals surface area (Å²) in [5, 5.41) is 18.4. The van der Waals surface area contributed by atoms with Crippen LogP contribution in [0.5, 0.6) is 0 Å². The van der Waals surface area contributed by atoms with Crippen molar-refractivity contribution in [3.05, 3.63) is 85.1 Å². The summed E-state index contributed by atoms with van der Waals surface area (Å²) in [6.45, 7) is 3.27. The van der Waals surface area contributed by atoms with E-state index in [1.165, 1.54) is 77.0 Å². The first-order valence-electron chi connectivity index (χ1n) is 24.6. The molecule has 0 heterocycles. The lowest BCUT2D eigenvalue weighted by Gasteiger charge is -2.20. The van der Waals surface area contributed by atoms with Crippen molar-refractivity contribution in [3.63, 3.8) is 0 Å². The fourth-order valence-corrected chi connectivity index (χ4v) is 7.21. The molecule has 0 fully saturated rings. The molecule has 0 rings (SSSR count). The van der Waals surface area contributed by atoms with E-state index in [9.17, 15) is 19.4 Å². The second-order valence-corrected chi connectivity index (χ2v) is 17.5. The number of aliphatic hydroxyl groups is 2. The highest BCUT2D eigenvalue weighted by atomic mass is 31.2. The zero-order valence-electron chi connectivity index (χ0n) is 39.3. The molecule has 0 aromatic rings. The summed E-state index contributed by atoms with van der Waals surface area (Å²) in [4.78, 5) is 22.7. The second-order valence-electron chi connectivity index (χ2n) is 16.1. The average molecular weight is 891 g/mol. The van der Waals surface area contributed by atoms with Gasteiger partial charge in [-0.2, -0.15) is 0 Å². The second kappa shape index (κ2) is 48.1. The van der Waals surface area contributed by atoms with E-state index in [0.29, 0.717) is 13.0 Å². The Kier molecular flexibility index (Phi) is 46.3. The van der Waals surface area contributed by atoms with E-state index >= 15 is 0 Å². The van der Waals surface area contributed by atoms with E-state index in [1.807, 2.05) is 0 Å². The largest absolute Gasteiger partial charge is 0.472 e. The summed E-state index contributed by atoms with van der Waals surface area (Å²) in [6, 6.07) is 0.